The second-order valence-corrected chi connectivity index (χ2v) is 5.52. The van der Waals surface area contributed by atoms with Gasteiger partial charge in [-0.15, -0.1) is 0 Å². The maximum Gasteiger partial charge on any atom is 0.0646 e. The summed E-state index contributed by atoms with van der Waals surface area (Å²) in [6, 6.07) is 15.2. The first-order valence-corrected chi connectivity index (χ1v) is 7.44. The average Bonchev–Trinajstić information content (AvgIpc) is 2.44. The molecule has 0 unspecified atom stereocenters. The number of anilines is 3. The number of nitrogens with one attached hydrogen (secondary N) is 1. The van der Waals surface area contributed by atoms with E-state index in [4.69, 9.17) is 0 Å². The van der Waals surface area contributed by atoms with E-state index in [9.17, 15) is 0 Å². The smallest absolute Gasteiger partial charge is 0.0646 e. The quantitative estimate of drug-likeness (QED) is 0.808. The van der Waals surface area contributed by atoms with Crippen molar-refractivity contribution in [1.29, 1.82) is 0 Å². The molecule has 2 aromatic rings. The highest BCUT2D eigenvalue weighted by atomic mass is 15.2. The molecule has 0 spiro atoms. The molecule has 0 bridgehead atoms. The molecule has 0 amide bonds. The molecular weight excluding hydrogens is 244 g/mol. The second kappa shape index (κ2) is 5.58. The van der Waals surface area contributed by atoms with Crippen LogP contribution < -0.4 is 10.2 Å². The van der Waals surface area contributed by atoms with E-state index in [1.165, 1.54) is 41.0 Å². The third kappa shape index (κ3) is 2.38. The zero-order valence-corrected chi connectivity index (χ0v) is 12.3. The van der Waals surface area contributed by atoms with Crippen LogP contribution >= 0.6 is 0 Å². The minimum absolute atomic E-state index is 1.07. The number of fused-ring (bicyclic) bond motifs is 1. The van der Waals surface area contributed by atoms with Crippen LogP contribution in [0.25, 0.3) is 0 Å². The standard InChI is InChI=1S/C18H22N2/c1-14-8-7-11-17(15(14)2)20-13-6-5-12-19-16-9-3-4-10-18(16)20/h3-4,7-11,19H,5-6,12-13H2,1-2H3. The van der Waals surface area contributed by atoms with Gasteiger partial charge in [0.1, 0.15) is 0 Å². The maximum atomic E-state index is 3.56. The molecule has 1 N–H and O–H groups in total. The van der Waals surface area contributed by atoms with Gasteiger partial charge in [0.05, 0.1) is 11.4 Å². The molecule has 2 heteroatoms. The summed E-state index contributed by atoms with van der Waals surface area (Å²) < 4.78 is 0. The lowest BCUT2D eigenvalue weighted by molar-refractivity contribution is 0.746. The third-order valence-electron chi connectivity index (χ3n) is 4.19. The largest absolute Gasteiger partial charge is 0.383 e. The van der Waals surface area contributed by atoms with E-state index in [2.05, 4.69) is 66.5 Å². The van der Waals surface area contributed by atoms with Gasteiger partial charge in [0.25, 0.3) is 0 Å². The molecule has 0 aromatic heterocycles. The van der Waals surface area contributed by atoms with Gasteiger partial charge in [0.15, 0.2) is 0 Å². The van der Waals surface area contributed by atoms with Gasteiger partial charge in [-0.25, -0.2) is 0 Å². The van der Waals surface area contributed by atoms with Crippen LogP contribution in [0.4, 0.5) is 17.1 Å². The summed E-state index contributed by atoms with van der Waals surface area (Å²) in [6.45, 7) is 6.56. The highest BCUT2D eigenvalue weighted by Crippen LogP contribution is 2.35. The van der Waals surface area contributed by atoms with Gasteiger partial charge in [0.2, 0.25) is 0 Å². The van der Waals surface area contributed by atoms with Crippen LogP contribution in [-0.4, -0.2) is 13.1 Å². The maximum absolute atomic E-state index is 3.56. The first kappa shape index (κ1) is 13.0. The first-order valence-electron chi connectivity index (χ1n) is 7.44. The van der Waals surface area contributed by atoms with Gasteiger partial charge in [-0.3, -0.25) is 0 Å². The van der Waals surface area contributed by atoms with Crippen molar-refractivity contribution in [2.75, 3.05) is 23.3 Å². The fourth-order valence-electron chi connectivity index (χ4n) is 2.88. The summed E-state index contributed by atoms with van der Waals surface area (Å²) in [5.74, 6) is 0. The molecule has 0 atom stereocenters. The number of hydrogen-bond acceptors (Lipinski definition) is 2. The van der Waals surface area contributed by atoms with Gasteiger partial charge >= 0.3 is 0 Å². The molecule has 0 saturated carbocycles. The molecule has 1 aliphatic rings. The Hall–Kier alpha value is -1.96. The highest BCUT2D eigenvalue weighted by molar-refractivity contribution is 5.78. The van der Waals surface area contributed by atoms with E-state index in [0.29, 0.717) is 0 Å². The van der Waals surface area contributed by atoms with Gasteiger partial charge in [0, 0.05) is 18.8 Å². The molecule has 3 rings (SSSR count). The Morgan fingerprint density at radius 2 is 1.70 bits per heavy atom. The molecule has 0 saturated heterocycles. The summed E-state index contributed by atoms with van der Waals surface area (Å²) in [7, 11) is 0. The number of para-hydroxylation sites is 2. The van der Waals surface area contributed by atoms with Crippen LogP contribution in [0, 0.1) is 13.8 Å². The fourth-order valence-corrected chi connectivity index (χ4v) is 2.88. The van der Waals surface area contributed by atoms with Crippen molar-refractivity contribution in [1.82, 2.24) is 0 Å². The number of benzene rings is 2. The Kier molecular flexibility index (Phi) is 3.64. The lowest BCUT2D eigenvalue weighted by Crippen LogP contribution is -2.24. The molecule has 2 nitrogen and oxygen atoms in total. The lowest BCUT2D eigenvalue weighted by atomic mass is 10.1. The van der Waals surface area contributed by atoms with Gasteiger partial charge < -0.3 is 10.2 Å². The van der Waals surface area contributed by atoms with Crippen molar-refractivity contribution < 1.29 is 0 Å². The monoisotopic (exact) mass is 266 g/mol. The van der Waals surface area contributed by atoms with Crippen LogP contribution in [0.5, 0.6) is 0 Å². The normalized spacial score (nSPS) is 15.0. The number of hydrogen-bond donors (Lipinski definition) is 1. The zero-order valence-electron chi connectivity index (χ0n) is 12.3. The van der Waals surface area contributed by atoms with E-state index < -0.39 is 0 Å². The van der Waals surface area contributed by atoms with Crippen LogP contribution in [0.2, 0.25) is 0 Å². The summed E-state index contributed by atoms with van der Waals surface area (Å²) in [4.78, 5) is 2.46. The predicted octanol–water partition coefficient (Wildman–Crippen LogP) is 4.65. The summed E-state index contributed by atoms with van der Waals surface area (Å²) in [5, 5.41) is 3.56. The summed E-state index contributed by atoms with van der Waals surface area (Å²) in [5.41, 5.74) is 6.60. The van der Waals surface area contributed by atoms with E-state index in [1.54, 1.807) is 0 Å². The van der Waals surface area contributed by atoms with Crippen molar-refractivity contribution in [3.63, 3.8) is 0 Å². The fraction of sp³-hybridized carbons (Fsp3) is 0.333. The lowest BCUT2D eigenvalue weighted by Gasteiger charge is -2.31. The van der Waals surface area contributed by atoms with E-state index in [-0.39, 0.29) is 0 Å². The Bertz CT molecular complexity index is 604. The van der Waals surface area contributed by atoms with E-state index in [1.807, 2.05) is 0 Å². The SMILES string of the molecule is Cc1cccc(N2CCCCNc3ccccc32)c1C. The molecule has 20 heavy (non-hydrogen) atoms. The average molecular weight is 266 g/mol. The van der Waals surface area contributed by atoms with Gasteiger partial charge in [-0.2, -0.15) is 0 Å². The van der Waals surface area contributed by atoms with E-state index in [0.717, 1.165) is 13.1 Å². The zero-order chi connectivity index (χ0) is 13.9. The van der Waals surface area contributed by atoms with Crippen molar-refractivity contribution in [2.45, 2.75) is 26.7 Å². The minimum Gasteiger partial charge on any atom is -0.383 e. The molecule has 0 aliphatic carbocycles. The van der Waals surface area contributed by atoms with Crippen molar-refractivity contribution in [2.24, 2.45) is 0 Å². The van der Waals surface area contributed by atoms with Gasteiger partial charge in [-0.05, 0) is 56.0 Å². The Labute approximate surface area is 121 Å². The molecule has 0 fully saturated rings. The van der Waals surface area contributed by atoms with Crippen molar-refractivity contribution >= 4 is 17.1 Å². The summed E-state index contributed by atoms with van der Waals surface area (Å²) in [6.07, 6.45) is 2.43. The van der Waals surface area contributed by atoms with Crippen molar-refractivity contribution in [3.05, 3.63) is 53.6 Å². The Morgan fingerprint density at radius 3 is 2.60 bits per heavy atom. The topological polar surface area (TPSA) is 15.3 Å². The molecular formula is C18H22N2. The predicted molar refractivity (Wildman–Crippen MR) is 87.1 cm³/mol. The van der Waals surface area contributed by atoms with Crippen LogP contribution in [0.3, 0.4) is 0 Å². The van der Waals surface area contributed by atoms with Crippen LogP contribution in [-0.2, 0) is 0 Å². The highest BCUT2D eigenvalue weighted by Gasteiger charge is 2.17. The van der Waals surface area contributed by atoms with Crippen LogP contribution in [0.1, 0.15) is 24.0 Å². The number of nitrogens with zero attached hydrogens (tertiary/aromatic N) is 1. The first-order chi connectivity index (χ1) is 9.77. The summed E-state index contributed by atoms with van der Waals surface area (Å²) >= 11 is 0. The Morgan fingerprint density at radius 1 is 0.900 bits per heavy atom. The molecule has 0 radical (unpaired) electrons. The Balaban J connectivity index is 2.10. The molecule has 1 heterocycles. The molecule has 104 valence electrons. The molecule has 1 aliphatic heterocycles. The van der Waals surface area contributed by atoms with E-state index >= 15 is 0 Å². The number of aryl methyl sites for hydroxylation is 1. The van der Waals surface area contributed by atoms with Gasteiger partial charge in [-0.1, -0.05) is 24.3 Å². The molecule has 2 aromatic carbocycles. The van der Waals surface area contributed by atoms with Crippen LogP contribution in [0.15, 0.2) is 42.5 Å². The second-order valence-electron chi connectivity index (χ2n) is 5.52. The van der Waals surface area contributed by atoms with Crippen molar-refractivity contribution in [3.8, 4) is 0 Å². The minimum atomic E-state index is 1.07. The number of rotatable bonds is 1. The third-order valence-corrected chi connectivity index (χ3v) is 4.19.